The zero-order valence-corrected chi connectivity index (χ0v) is 12.9. The first-order chi connectivity index (χ1) is 9.42. The molecule has 0 amide bonds. The first-order valence-corrected chi connectivity index (χ1v) is 7.52. The molecule has 0 spiro atoms. The molecule has 0 aliphatic rings. The van der Waals surface area contributed by atoms with Crippen LogP contribution in [-0.2, 0) is 11.2 Å². The van der Waals surface area contributed by atoms with E-state index in [4.69, 9.17) is 22.4 Å². The van der Waals surface area contributed by atoms with Gasteiger partial charge in [-0.05, 0) is 42.4 Å². The molecule has 3 atom stereocenters. The molecule has 1 aromatic carbocycles. The van der Waals surface area contributed by atoms with E-state index in [0.717, 1.165) is 24.3 Å². The van der Waals surface area contributed by atoms with Crippen LogP contribution in [-0.4, -0.2) is 17.1 Å². The van der Waals surface area contributed by atoms with Gasteiger partial charge in [-0.25, -0.2) is 0 Å². The minimum absolute atomic E-state index is 0.0440. The second-order valence-corrected chi connectivity index (χ2v) is 6.04. The number of aliphatic carboxylic acids is 1. The van der Waals surface area contributed by atoms with Crippen LogP contribution in [0, 0.1) is 11.8 Å². The van der Waals surface area contributed by atoms with Gasteiger partial charge in [0.25, 0.3) is 0 Å². The monoisotopic (exact) mass is 297 g/mol. The van der Waals surface area contributed by atoms with Gasteiger partial charge in [0.1, 0.15) is 0 Å². The lowest BCUT2D eigenvalue weighted by atomic mass is 9.84. The summed E-state index contributed by atoms with van der Waals surface area (Å²) in [5, 5.41) is 9.59. The quantitative estimate of drug-likeness (QED) is 0.768. The summed E-state index contributed by atoms with van der Waals surface area (Å²) < 4.78 is 0. The number of rotatable bonds is 8. The summed E-state index contributed by atoms with van der Waals surface area (Å²) >= 11 is 5.98. The maximum absolute atomic E-state index is 10.7. The molecular weight excluding hydrogens is 274 g/mol. The highest BCUT2D eigenvalue weighted by Gasteiger charge is 2.21. The highest BCUT2D eigenvalue weighted by atomic mass is 35.5. The molecular formula is C16H24ClNO2. The van der Waals surface area contributed by atoms with E-state index in [2.05, 4.69) is 19.9 Å². The molecule has 3 N–H and O–H groups in total. The number of hydrogen-bond acceptors (Lipinski definition) is 2. The van der Waals surface area contributed by atoms with Crippen LogP contribution >= 0.6 is 11.6 Å². The lowest BCUT2D eigenvalue weighted by Gasteiger charge is -2.24. The number of hydrogen-bond donors (Lipinski definition) is 2. The van der Waals surface area contributed by atoms with Crippen LogP contribution < -0.4 is 5.73 Å². The van der Waals surface area contributed by atoms with E-state index in [-0.39, 0.29) is 18.4 Å². The second kappa shape index (κ2) is 8.28. The fourth-order valence-corrected chi connectivity index (χ4v) is 2.89. The van der Waals surface area contributed by atoms with Crippen molar-refractivity contribution in [3.63, 3.8) is 0 Å². The van der Waals surface area contributed by atoms with E-state index in [0.29, 0.717) is 5.92 Å². The van der Waals surface area contributed by atoms with Crippen molar-refractivity contribution in [3.8, 4) is 0 Å². The van der Waals surface area contributed by atoms with E-state index in [1.165, 1.54) is 5.56 Å². The Morgan fingerprint density at radius 1 is 1.45 bits per heavy atom. The highest BCUT2D eigenvalue weighted by Crippen LogP contribution is 2.23. The standard InChI is InChI=1S/C16H24ClNO2/c1-3-13(15(18)10-16(19)20)8-11(2)7-12-5-4-6-14(17)9-12/h4-6,9,11,13,15H,3,7-8,10,18H2,1-2H3,(H,19,20). The van der Waals surface area contributed by atoms with Gasteiger partial charge in [-0.15, -0.1) is 0 Å². The van der Waals surface area contributed by atoms with Crippen molar-refractivity contribution in [3.05, 3.63) is 34.9 Å². The van der Waals surface area contributed by atoms with Gasteiger partial charge in [-0.3, -0.25) is 4.79 Å². The predicted octanol–water partition coefficient (Wildman–Crippen LogP) is 3.74. The third-order valence-electron chi connectivity index (χ3n) is 3.72. The van der Waals surface area contributed by atoms with Gasteiger partial charge < -0.3 is 10.8 Å². The molecule has 0 aromatic heterocycles. The summed E-state index contributed by atoms with van der Waals surface area (Å²) in [6.07, 6.45) is 2.84. The van der Waals surface area contributed by atoms with Crippen molar-refractivity contribution in [2.75, 3.05) is 0 Å². The Balaban J connectivity index is 2.54. The van der Waals surface area contributed by atoms with Crippen LogP contribution in [0.2, 0.25) is 5.02 Å². The Kier molecular flexibility index (Phi) is 7.03. The Labute approximate surface area is 126 Å². The third kappa shape index (κ3) is 5.93. The molecule has 0 heterocycles. The molecule has 3 unspecified atom stereocenters. The van der Waals surface area contributed by atoms with Crippen LogP contribution in [0.5, 0.6) is 0 Å². The van der Waals surface area contributed by atoms with Crippen molar-refractivity contribution >= 4 is 17.6 Å². The smallest absolute Gasteiger partial charge is 0.304 e. The maximum atomic E-state index is 10.7. The summed E-state index contributed by atoms with van der Waals surface area (Å²) in [6.45, 7) is 4.25. The Morgan fingerprint density at radius 3 is 2.70 bits per heavy atom. The molecule has 0 aliphatic carbocycles. The number of halogens is 1. The van der Waals surface area contributed by atoms with E-state index in [1.54, 1.807) is 0 Å². The number of nitrogens with two attached hydrogens (primary N) is 1. The van der Waals surface area contributed by atoms with Crippen molar-refractivity contribution in [1.29, 1.82) is 0 Å². The van der Waals surface area contributed by atoms with Crippen molar-refractivity contribution in [2.45, 2.75) is 45.6 Å². The van der Waals surface area contributed by atoms with Gasteiger partial charge in [0.15, 0.2) is 0 Å². The Hall–Kier alpha value is -1.06. The molecule has 1 rings (SSSR count). The molecule has 0 radical (unpaired) electrons. The fourth-order valence-electron chi connectivity index (χ4n) is 2.68. The topological polar surface area (TPSA) is 63.3 Å². The van der Waals surface area contributed by atoms with Gasteiger partial charge in [0, 0.05) is 11.1 Å². The number of benzene rings is 1. The molecule has 1 aromatic rings. The highest BCUT2D eigenvalue weighted by molar-refractivity contribution is 6.30. The number of carbonyl (C=O) groups is 1. The van der Waals surface area contributed by atoms with Gasteiger partial charge in [-0.1, -0.05) is 44.0 Å². The lowest BCUT2D eigenvalue weighted by Crippen LogP contribution is -2.33. The van der Waals surface area contributed by atoms with Gasteiger partial charge in [-0.2, -0.15) is 0 Å². The summed E-state index contributed by atoms with van der Waals surface area (Å²) in [6, 6.07) is 7.61. The SMILES string of the molecule is CCC(CC(C)Cc1cccc(Cl)c1)C(N)CC(=O)O. The summed E-state index contributed by atoms with van der Waals surface area (Å²) in [5.74, 6) is -0.114. The van der Waals surface area contributed by atoms with Crippen LogP contribution in [0.15, 0.2) is 24.3 Å². The number of carboxylic acid groups (broad SMARTS) is 1. The lowest BCUT2D eigenvalue weighted by molar-refractivity contribution is -0.137. The second-order valence-electron chi connectivity index (χ2n) is 5.60. The van der Waals surface area contributed by atoms with Crippen LogP contribution in [0.3, 0.4) is 0 Å². The molecule has 4 heteroatoms. The molecule has 112 valence electrons. The third-order valence-corrected chi connectivity index (χ3v) is 3.95. The first-order valence-electron chi connectivity index (χ1n) is 7.14. The van der Waals surface area contributed by atoms with Crippen LogP contribution in [0.25, 0.3) is 0 Å². The Morgan fingerprint density at radius 2 is 2.15 bits per heavy atom. The van der Waals surface area contributed by atoms with E-state index in [1.807, 2.05) is 18.2 Å². The van der Waals surface area contributed by atoms with Crippen LogP contribution in [0.1, 0.15) is 38.7 Å². The largest absolute Gasteiger partial charge is 0.481 e. The molecule has 0 fully saturated rings. The van der Waals surface area contributed by atoms with Crippen molar-refractivity contribution in [2.24, 2.45) is 17.6 Å². The molecule has 0 saturated carbocycles. The minimum atomic E-state index is -0.821. The average molecular weight is 298 g/mol. The average Bonchev–Trinajstić information content (AvgIpc) is 2.34. The maximum Gasteiger partial charge on any atom is 0.304 e. The van der Waals surface area contributed by atoms with Crippen molar-refractivity contribution in [1.82, 2.24) is 0 Å². The molecule has 0 aliphatic heterocycles. The summed E-state index contributed by atoms with van der Waals surface area (Å²) in [5.41, 5.74) is 7.21. The van der Waals surface area contributed by atoms with Gasteiger partial charge in [0.2, 0.25) is 0 Å². The van der Waals surface area contributed by atoms with E-state index < -0.39 is 5.97 Å². The predicted molar refractivity (Wildman–Crippen MR) is 82.9 cm³/mol. The minimum Gasteiger partial charge on any atom is -0.481 e. The van der Waals surface area contributed by atoms with Crippen molar-refractivity contribution < 1.29 is 9.90 Å². The zero-order valence-electron chi connectivity index (χ0n) is 12.2. The molecule has 0 bridgehead atoms. The Bertz CT molecular complexity index is 436. The molecule has 0 saturated heterocycles. The first kappa shape index (κ1) is 17.0. The molecule has 3 nitrogen and oxygen atoms in total. The van der Waals surface area contributed by atoms with Gasteiger partial charge >= 0.3 is 5.97 Å². The van der Waals surface area contributed by atoms with Crippen LogP contribution in [0.4, 0.5) is 0 Å². The summed E-state index contributed by atoms with van der Waals surface area (Å²) in [4.78, 5) is 10.7. The zero-order chi connectivity index (χ0) is 15.1. The summed E-state index contributed by atoms with van der Waals surface area (Å²) in [7, 11) is 0. The fraction of sp³-hybridized carbons (Fsp3) is 0.562. The van der Waals surface area contributed by atoms with E-state index >= 15 is 0 Å². The normalized spacial score (nSPS) is 15.6. The molecule has 20 heavy (non-hydrogen) atoms. The number of carboxylic acids is 1. The van der Waals surface area contributed by atoms with E-state index in [9.17, 15) is 4.79 Å². The van der Waals surface area contributed by atoms with Gasteiger partial charge in [0.05, 0.1) is 6.42 Å².